The van der Waals surface area contributed by atoms with Crippen LogP contribution < -0.4 is 28.7 Å². The van der Waals surface area contributed by atoms with E-state index in [0.717, 1.165) is 124 Å². The molecule has 140 heavy (non-hydrogen) atoms. The number of carbonyl (C=O) groups is 6. The summed E-state index contributed by atoms with van der Waals surface area (Å²) in [5.74, 6) is 0.594. The predicted molar refractivity (Wildman–Crippen MR) is 539 cm³/mol. The highest BCUT2D eigenvalue weighted by Crippen LogP contribution is 2.50. The summed E-state index contributed by atoms with van der Waals surface area (Å²) in [6.07, 6.45) is 14.5. The lowest BCUT2D eigenvalue weighted by atomic mass is 9.77. The van der Waals surface area contributed by atoms with Crippen molar-refractivity contribution in [2.45, 2.75) is 101 Å². The second-order valence-electron chi connectivity index (χ2n) is 35.3. The summed E-state index contributed by atoms with van der Waals surface area (Å²) >= 11 is 4.60. The van der Waals surface area contributed by atoms with Crippen LogP contribution in [0.15, 0.2) is 294 Å². The number of hydrogen-bond donors (Lipinski definition) is 5. The number of likely N-dealkylation sites (N-methyl/N-ethyl adjacent to an activating group) is 1. The number of thiophene rings is 2. The lowest BCUT2D eigenvalue weighted by Crippen LogP contribution is -2.52. The van der Waals surface area contributed by atoms with Crippen molar-refractivity contribution < 1.29 is 42.1 Å². The van der Waals surface area contributed by atoms with Crippen LogP contribution in [0.3, 0.4) is 0 Å². The van der Waals surface area contributed by atoms with Crippen LogP contribution in [-0.4, -0.2) is 160 Å². The second kappa shape index (κ2) is 38.3. The molecule has 0 fully saturated rings. The van der Waals surface area contributed by atoms with Crippen molar-refractivity contribution in [2.24, 2.45) is 60.7 Å². The minimum Gasteiger partial charge on any atom is -0.467 e. The van der Waals surface area contributed by atoms with Gasteiger partial charge in [-0.05, 0) is 176 Å². The monoisotopic (exact) mass is 1920 g/mol. The Balaban J connectivity index is 0.000000122. The lowest BCUT2D eigenvalue weighted by Gasteiger charge is -2.40. The van der Waals surface area contributed by atoms with Gasteiger partial charge in [0.05, 0.1) is 112 Å². The van der Waals surface area contributed by atoms with Crippen molar-refractivity contribution in [3.05, 3.63) is 326 Å². The van der Waals surface area contributed by atoms with Gasteiger partial charge in [0.25, 0.3) is 11.8 Å². The molecule has 36 heteroatoms. The summed E-state index contributed by atoms with van der Waals surface area (Å²) in [4.78, 5) is 125. The van der Waals surface area contributed by atoms with Gasteiger partial charge < -0.3 is 46.9 Å². The third-order valence-electron chi connectivity index (χ3n) is 25.5. The summed E-state index contributed by atoms with van der Waals surface area (Å²) in [5.41, 5.74) is 40.1. The molecule has 9 aromatic heterocycles. The van der Waals surface area contributed by atoms with Crippen LogP contribution >= 0.6 is 34.0 Å². The Bertz CT molecular complexity index is 7760. The number of rotatable bonds is 15. The zero-order valence-corrected chi connectivity index (χ0v) is 80.6. The maximum absolute atomic E-state index is 14.0. The molecule has 0 radical (unpaired) electrons. The fourth-order valence-electron chi connectivity index (χ4n) is 17.5. The zero-order valence-electron chi connectivity index (χ0n) is 78.1. The Morgan fingerprint density at radius 2 is 1.20 bits per heavy atom. The third kappa shape index (κ3) is 18.5. The second-order valence-corrected chi connectivity index (χ2v) is 38.3. The summed E-state index contributed by atoms with van der Waals surface area (Å²) in [7, 11) is 10.2. The number of carbonyl (C=O) groups excluding carboxylic acids is 6. The summed E-state index contributed by atoms with van der Waals surface area (Å²) < 4.78 is 18.6. The minimum atomic E-state index is -1.26. The average molecular weight is 1920 g/mol. The minimum absolute atomic E-state index is 0.0507. The van der Waals surface area contributed by atoms with Crippen molar-refractivity contribution in [3.63, 3.8) is 0 Å². The van der Waals surface area contributed by atoms with Gasteiger partial charge in [0.2, 0.25) is 23.6 Å². The molecular weight excluding hydrogens is 1830 g/mol. The molecule has 5 aliphatic rings. The Kier molecular flexibility index (Phi) is 25.9. The van der Waals surface area contributed by atoms with E-state index in [2.05, 4.69) is 69.8 Å². The summed E-state index contributed by atoms with van der Waals surface area (Å²) in [5, 5.41) is 33.2. The number of thiazole rings is 1. The lowest BCUT2D eigenvalue weighted by molar-refractivity contribution is -0.131. The van der Waals surface area contributed by atoms with Crippen molar-refractivity contribution in [2.75, 3.05) is 35.2 Å². The van der Waals surface area contributed by atoms with Crippen LogP contribution in [0, 0.1) is 29.6 Å². The van der Waals surface area contributed by atoms with Gasteiger partial charge in [-0.1, -0.05) is 108 Å². The molecule has 10 N–H and O–H groups in total. The van der Waals surface area contributed by atoms with E-state index in [1.165, 1.54) is 35.8 Å². The van der Waals surface area contributed by atoms with Crippen LogP contribution in [0.2, 0.25) is 0 Å². The number of furan rings is 2. The molecule has 14 heterocycles. The Labute approximate surface area is 816 Å². The topological polar surface area (TPSA) is 470 Å². The van der Waals surface area contributed by atoms with Crippen LogP contribution in [0.25, 0.3) is 75.8 Å². The highest BCUT2D eigenvalue weighted by molar-refractivity contribution is 7.19. The van der Waals surface area contributed by atoms with E-state index in [-0.39, 0.29) is 91.0 Å². The van der Waals surface area contributed by atoms with Gasteiger partial charge in [0.1, 0.15) is 44.9 Å². The Morgan fingerprint density at radius 1 is 0.536 bits per heavy atom. The molecule has 0 saturated carbocycles. The first-order valence-corrected chi connectivity index (χ1v) is 46.8. The van der Waals surface area contributed by atoms with E-state index >= 15 is 0 Å². The van der Waals surface area contributed by atoms with Crippen molar-refractivity contribution in [3.8, 4) is 45.1 Å². The zero-order chi connectivity index (χ0) is 99.0. The molecule has 5 atom stereocenters. The molecule has 1 unspecified atom stereocenters. The number of nitrogens with two attached hydrogens (primary N) is 5. The van der Waals surface area contributed by atoms with Gasteiger partial charge in [0.15, 0.2) is 35.3 Å². The first-order chi connectivity index (χ1) is 67.1. The van der Waals surface area contributed by atoms with Crippen molar-refractivity contribution in [1.29, 1.82) is 10.5 Å². The highest BCUT2D eigenvalue weighted by atomic mass is 32.1. The maximum atomic E-state index is 14.0. The SMILES string of the molecule is CN(Cc1ccco1)C(=O)c1cccc(CN2C(=O)C(c3ccccc3)(c3ccccc3)N=C2N)c1.CN1C(=O)C[C@@](C)(c2cc3c(cnc4ccc(C#N)cc43)s2)N=C1N.CN1C(=O)C[C@@](C)(c2ccc3c(-c4cnoc4)nn(C)c3c2)N=C1N.CN1C(=O)C[C@@](C)(c2cnc(-c3cccc(C#N)c3)s2)N=C1N.Cc1cncc(-c2csc([C@@]3(C)N=C(N)N(C)C(=O)C3c3ccc4occc4c3)c2)c1. The van der Waals surface area contributed by atoms with Gasteiger partial charge >= 0.3 is 0 Å². The van der Waals surface area contributed by atoms with Crippen LogP contribution in [-0.2, 0) is 71.8 Å². The van der Waals surface area contributed by atoms with E-state index in [0.29, 0.717) is 29.0 Å². The Hall–Kier alpha value is -17.0. The fourth-order valence-corrected chi connectivity index (χ4v) is 20.7. The average Bonchev–Trinajstić information content (AvgIpc) is 1.61. The van der Waals surface area contributed by atoms with Crippen LogP contribution in [0.1, 0.15) is 128 Å². The van der Waals surface area contributed by atoms with Gasteiger partial charge in [-0.3, -0.25) is 67.9 Å². The number of pyridine rings is 2. The van der Waals surface area contributed by atoms with E-state index in [1.807, 2.05) is 206 Å². The van der Waals surface area contributed by atoms with Gasteiger partial charge in [0, 0.05) is 115 Å². The molecule has 0 aliphatic carbocycles. The molecule has 5 aliphatic heterocycles. The molecule has 0 saturated heterocycles. The van der Waals surface area contributed by atoms with E-state index in [9.17, 15) is 28.8 Å². The molecular formula is C104H96N24O9S3. The molecule has 33 nitrogen and oxygen atoms in total. The molecule has 0 bridgehead atoms. The predicted octanol–water partition coefficient (Wildman–Crippen LogP) is 15.2. The van der Waals surface area contributed by atoms with Crippen molar-refractivity contribution >= 4 is 142 Å². The van der Waals surface area contributed by atoms with Crippen molar-refractivity contribution in [1.82, 2.24) is 59.3 Å². The van der Waals surface area contributed by atoms with Crippen LogP contribution in [0.5, 0.6) is 0 Å². The number of amides is 6. The number of aliphatic imine (C=N–C) groups is 5. The quantitative estimate of drug-likeness (QED) is 0.0636. The maximum Gasteiger partial charge on any atom is 0.266 e. The van der Waals surface area contributed by atoms with Gasteiger partial charge in [-0.2, -0.15) is 15.6 Å². The fraction of sp³-hybridized carbons (Fsp3) is 0.212. The molecule has 0 spiro atoms. The molecule has 7 aromatic carbocycles. The largest absolute Gasteiger partial charge is 0.467 e. The first-order valence-electron chi connectivity index (χ1n) is 44.3. The number of benzene rings is 7. The normalized spacial score (nSPS) is 19.4. The number of hydrogen-bond acceptors (Lipinski definition) is 29. The standard InChI is InChI=1S/C29H26N4O3.C24H22N4O2S.C18H15N5OS.C17H18N6O2.C16H15N5OS/c1-32(20-25-16-9-17-36-25)26(34)22-11-8-10-21(18-22)19-33-27(35)29(31-28(33)30,23-12-4-2-5-13-23)24-14-6-3-7-15-24;1-14-8-17(12-26-11-14)18-10-20(31-13-18)24(2)21(22(29)28(3)23(25)27-24)16-4-5-19-15(9-16)6-7-30-19;1-18(7-16(24)23(2)17(20)22-18)15-6-12-11-5-10(8-19)3-4-13(11)21-9-14(12)25-15;1-17(7-14(24)22(2)16(18)20-17)11-4-5-12-13(6-11)23(3)21-15(12)10-8-19-25-9-10;1-16(7-13(22)21(2)15(18)20-16)12-9-19-14(23-12)11-5-3-4-10(6-11)8-17/h2-18H,19-20H2,1H3,(H2,30,31);4-13,21H,1-3H3,(H2,25,27);3-6,9H,7H2,1-2H3,(H2,20,22);4-6,8-9H,7H2,1-3H3,(H2,18,20);3-6,9H,7H2,1-2H3,(H2,18,20)/t;21?,24-;18-;17-;16-/m.1000/s1. The number of nitriles is 2. The summed E-state index contributed by atoms with van der Waals surface area (Å²) in [6, 6.07) is 66.7. The Morgan fingerprint density at radius 3 is 1.86 bits per heavy atom. The molecule has 6 amide bonds. The third-order valence-corrected chi connectivity index (χ3v) is 29.3. The molecule has 704 valence electrons. The number of guanidine groups is 5. The van der Waals surface area contributed by atoms with E-state index in [4.69, 9.17) is 62.5 Å². The van der Waals surface area contributed by atoms with E-state index in [1.54, 1.807) is 141 Å². The van der Waals surface area contributed by atoms with Crippen LogP contribution in [0.4, 0.5) is 0 Å². The van der Waals surface area contributed by atoms with Gasteiger partial charge in [-0.15, -0.1) is 34.0 Å². The first kappa shape index (κ1) is 94.8. The highest BCUT2D eigenvalue weighted by Gasteiger charge is 2.52. The number of aromatic nitrogens is 6. The molecule has 16 aromatic rings. The number of aryl methyl sites for hydroxylation is 2. The van der Waals surface area contributed by atoms with E-state index < -0.39 is 33.6 Å². The summed E-state index contributed by atoms with van der Waals surface area (Å²) in [6.45, 7) is 10.3. The number of fused-ring (bicyclic) bond motifs is 5. The van der Waals surface area contributed by atoms with Gasteiger partial charge in [-0.25, -0.2) is 29.9 Å². The smallest absolute Gasteiger partial charge is 0.266 e. The number of nitrogens with zero attached hydrogens (tertiary/aromatic N) is 19. The molecule has 21 rings (SSSR count).